The molecule has 118 valence electrons. The second kappa shape index (κ2) is 6.55. The lowest BCUT2D eigenvalue weighted by Gasteiger charge is -2.11. The van der Waals surface area contributed by atoms with Crippen molar-refractivity contribution in [3.05, 3.63) is 53.8 Å². The largest absolute Gasteiger partial charge is 0.490 e. The maximum absolute atomic E-state index is 13.2. The molecule has 0 aliphatic carbocycles. The summed E-state index contributed by atoms with van der Waals surface area (Å²) in [4.78, 5) is 0. The van der Waals surface area contributed by atoms with Crippen molar-refractivity contribution in [1.82, 2.24) is 0 Å². The van der Waals surface area contributed by atoms with Crippen molar-refractivity contribution in [3.8, 4) is 11.5 Å². The van der Waals surface area contributed by atoms with E-state index in [-0.39, 0.29) is 30.4 Å². The Morgan fingerprint density at radius 1 is 0.909 bits per heavy atom. The zero-order chi connectivity index (χ0) is 16.2. The quantitative estimate of drug-likeness (QED) is 0.517. The third-order valence-electron chi connectivity index (χ3n) is 2.75. The summed E-state index contributed by atoms with van der Waals surface area (Å²) in [6.07, 6.45) is -4.42. The highest BCUT2D eigenvalue weighted by atomic mass is 19.4. The van der Waals surface area contributed by atoms with E-state index >= 15 is 0 Å². The number of anilines is 1. The van der Waals surface area contributed by atoms with Crippen LogP contribution >= 0.6 is 0 Å². The van der Waals surface area contributed by atoms with Crippen LogP contribution in [0.25, 0.3) is 0 Å². The van der Waals surface area contributed by atoms with Crippen LogP contribution in [0.1, 0.15) is 5.56 Å². The molecule has 0 bridgehead atoms. The molecule has 0 amide bonds. The molecule has 7 heteroatoms. The number of hydrogen-bond acceptors (Lipinski definition) is 3. The Kier molecular flexibility index (Phi) is 4.75. The van der Waals surface area contributed by atoms with Gasteiger partial charge in [0.2, 0.25) is 0 Å². The van der Waals surface area contributed by atoms with Gasteiger partial charge >= 0.3 is 6.18 Å². The number of nitrogens with two attached hydrogens (primary N) is 1. The summed E-state index contributed by atoms with van der Waals surface area (Å²) < 4.78 is 61.1. The van der Waals surface area contributed by atoms with Gasteiger partial charge < -0.3 is 15.2 Å². The van der Waals surface area contributed by atoms with Crippen molar-refractivity contribution in [2.45, 2.75) is 6.18 Å². The predicted octanol–water partition coefficient (Wildman–Crippen LogP) is 3.88. The Bertz CT molecular complexity index is 644. The van der Waals surface area contributed by atoms with E-state index in [1.807, 2.05) is 0 Å². The smallest absolute Gasteiger partial charge is 0.416 e. The van der Waals surface area contributed by atoms with E-state index in [9.17, 15) is 17.6 Å². The van der Waals surface area contributed by atoms with Crippen LogP contribution in [0.4, 0.5) is 23.2 Å². The van der Waals surface area contributed by atoms with E-state index in [0.717, 1.165) is 18.2 Å². The third-order valence-corrected chi connectivity index (χ3v) is 2.75. The molecule has 0 aromatic heterocycles. The summed E-state index contributed by atoms with van der Waals surface area (Å²) in [5.41, 5.74) is 4.54. The number of alkyl halides is 3. The minimum Gasteiger partial charge on any atom is -0.490 e. The van der Waals surface area contributed by atoms with Gasteiger partial charge in [-0.05, 0) is 30.3 Å². The van der Waals surface area contributed by atoms with Crippen LogP contribution in [0, 0.1) is 5.82 Å². The van der Waals surface area contributed by atoms with Crippen molar-refractivity contribution in [2.75, 3.05) is 18.9 Å². The molecule has 2 aromatic rings. The molecule has 0 saturated carbocycles. The van der Waals surface area contributed by atoms with E-state index < -0.39 is 17.6 Å². The Hall–Kier alpha value is -2.44. The molecule has 0 heterocycles. The zero-order valence-corrected chi connectivity index (χ0v) is 11.4. The van der Waals surface area contributed by atoms with Crippen molar-refractivity contribution < 1.29 is 27.0 Å². The van der Waals surface area contributed by atoms with Gasteiger partial charge in [-0.2, -0.15) is 13.2 Å². The van der Waals surface area contributed by atoms with Crippen molar-refractivity contribution in [1.29, 1.82) is 0 Å². The highest BCUT2D eigenvalue weighted by Crippen LogP contribution is 2.31. The molecule has 0 atom stereocenters. The molecule has 2 aromatic carbocycles. The number of benzene rings is 2. The van der Waals surface area contributed by atoms with E-state index in [4.69, 9.17) is 15.2 Å². The predicted molar refractivity (Wildman–Crippen MR) is 73.2 cm³/mol. The molecule has 22 heavy (non-hydrogen) atoms. The summed E-state index contributed by atoms with van der Waals surface area (Å²) in [7, 11) is 0. The monoisotopic (exact) mass is 315 g/mol. The van der Waals surface area contributed by atoms with Crippen molar-refractivity contribution >= 4 is 5.69 Å². The Balaban J connectivity index is 1.85. The standard InChI is InChI=1S/C15H13F4NO2/c16-13-9-12(4-5-14(13)20)22-7-6-21-11-3-1-2-10(8-11)15(17,18)19/h1-5,8-9H,6-7,20H2. The molecule has 2 N–H and O–H groups in total. The van der Waals surface area contributed by atoms with Crippen molar-refractivity contribution in [2.24, 2.45) is 0 Å². The highest BCUT2D eigenvalue weighted by Gasteiger charge is 2.30. The molecule has 0 unspecified atom stereocenters. The Morgan fingerprint density at radius 3 is 2.14 bits per heavy atom. The third kappa shape index (κ3) is 4.28. The van der Waals surface area contributed by atoms with E-state index in [0.29, 0.717) is 0 Å². The van der Waals surface area contributed by atoms with E-state index in [1.165, 1.54) is 24.3 Å². The van der Waals surface area contributed by atoms with Gasteiger partial charge in [0.05, 0.1) is 11.3 Å². The lowest BCUT2D eigenvalue weighted by atomic mass is 10.2. The van der Waals surface area contributed by atoms with E-state index in [1.54, 1.807) is 0 Å². The topological polar surface area (TPSA) is 44.5 Å². The number of rotatable bonds is 5. The van der Waals surface area contributed by atoms with Crippen LogP contribution < -0.4 is 15.2 Å². The average Bonchev–Trinajstić information content (AvgIpc) is 2.47. The molecule has 0 aliphatic heterocycles. The maximum Gasteiger partial charge on any atom is 0.416 e. The average molecular weight is 315 g/mol. The fourth-order valence-electron chi connectivity index (χ4n) is 1.68. The minimum absolute atomic E-state index is 0.00701. The Labute approximate surface area is 124 Å². The van der Waals surface area contributed by atoms with Gasteiger partial charge in [-0.25, -0.2) is 4.39 Å². The van der Waals surface area contributed by atoms with Gasteiger partial charge in [-0.3, -0.25) is 0 Å². The fraction of sp³-hybridized carbons (Fsp3) is 0.200. The summed E-state index contributed by atoms with van der Waals surface area (Å²) >= 11 is 0. The van der Waals surface area contributed by atoms with E-state index in [2.05, 4.69) is 0 Å². The lowest BCUT2D eigenvalue weighted by Crippen LogP contribution is -2.10. The number of halogens is 4. The number of nitrogen functional groups attached to an aromatic ring is 1. The van der Waals surface area contributed by atoms with Gasteiger partial charge in [0.1, 0.15) is 30.5 Å². The first-order valence-corrected chi connectivity index (χ1v) is 6.34. The van der Waals surface area contributed by atoms with Gasteiger partial charge in [0.15, 0.2) is 0 Å². The van der Waals surface area contributed by atoms with Crippen LogP contribution in [0.5, 0.6) is 11.5 Å². The second-order valence-corrected chi connectivity index (χ2v) is 4.41. The molecule has 3 nitrogen and oxygen atoms in total. The van der Waals surface area contributed by atoms with Gasteiger partial charge in [-0.1, -0.05) is 6.07 Å². The van der Waals surface area contributed by atoms with Crippen LogP contribution in [0.15, 0.2) is 42.5 Å². The van der Waals surface area contributed by atoms with Crippen LogP contribution in [0.2, 0.25) is 0 Å². The first kappa shape index (κ1) is 15.9. The SMILES string of the molecule is Nc1ccc(OCCOc2cccc(C(F)(F)F)c2)cc1F. The highest BCUT2D eigenvalue weighted by molar-refractivity contribution is 5.43. The fourth-order valence-corrected chi connectivity index (χ4v) is 1.68. The van der Waals surface area contributed by atoms with Gasteiger partial charge in [0.25, 0.3) is 0 Å². The number of hydrogen-bond donors (Lipinski definition) is 1. The summed E-state index contributed by atoms with van der Waals surface area (Å²) in [6, 6.07) is 8.51. The van der Waals surface area contributed by atoms with Crippen LogP contribution in [-0.4, -0.2) is 13.2 Å². The first-order chi connectivity index (χ1) is 10.4. The second-order valence-electron chi connectivity index (χ2n) is 4.41. The maximum atomic E-state index is 13.2. The molecule has 0 spiro atoms. The first-order valence-electron chi connectivity index (χ1n) is 6.34. The number of ether oxygens (including phenoxy) is 2. The summed E-state index contributed by atoms with van der Waals surface area (Å²) in [5, 5.41) is 0. The van der Waals surface area contributed by atoms with Crippen LogP contribution in [-0.2, 0) is 6.18 Å². The molecular weight excluding hydrogens is 302 g/mol. The molecule has 0 saturated heterocycles. The van der Waals surface area contributed by atoms with Gasteiger partial charge in [-0.15, -0.1) is 0 Å². The summed E-state index contributed by atoms with van der Waals surface area (Å²) in [6.45, 7) is 0.0763. The van der Waals surface area contributed by atoms with Gasteiger partial charge in [0, 0.05) is 6.07 Å². The Morgan fingerprint density at radius 2 is 1.55 bits per heavy atom. The molecule has 0 radical (unpaired) electrons. The van der Waals surface area contributed by atoms with Crippen molar-refractivity contribution in [3.63, 3.8) is 0 Å². The molecule has 0 fully saturated rings. The molecular formula is C15H13F4NO2. The zero-order valence-electron chi connectivity index (χ0n) is 11.4. The molecule has 2 rings (SSSR count). The lowest BCUT2D eigenvalue weighted by molar-refractivity contribution is -0.137. The molecule has 0 aliphatic rings. The van der Waals surface area contributed by atoms with Crippen LogP contribution in [0.3, 0.4) is 0 Å². The minimum atomic E-state index is -4.42. The normalized spacial score (nSPS) is 11.3. The summed E-state index contributed by atoms with van der Waals surface area (Å²) in [5.74, 6) is -0.252.